The number of amidine groups is 2. The highest BCUT2D eigenvalue weighted by Gasteiger charge is 2.36. The predicted octanol–water partition coefficient (Wildman–Crippen LogP) is 4.12. The number of aromatic nitrogens is 1. The van der Waals surface area contributed by atoms with Crippen molar-refractivity contribution >= 4 is 56.5 Å². The van der Waals surface area contributed by atoms with Crippen LogP contribution in [0.2, 0.25) is 0 Å². The van der Waals surface area contributed by atoms with E-state index in [-0.39, 0.29) is 23.7 Å². The SMILES string of the molecule is Cc1cc(/C=C2\C(=N)N3N=C(CC(=O)N4CCOCC4)SC3=NC2=O)c(C)n1-c1ccc2ccccc2c1. The second-order valence-electron chi connectivity index (χ2n) is 9.38. The number of amides is 2. The van der Waals surface area contributed by atoms with Crippen molar-refractivity contribution < 1.29 is 14.3 Å². The van der Waals surface area contributed by atoms with E-state index in [1.165, 1.54) is 10.4 Å². The summed E-state index contributed by atoms with van der Waals surface area (Å²) in [4.78, 5) is 31.6. The van der Waals surface area contributed by atoms with Gasteiger partial charge in [-0.3, -0.25) is 15.0 Å². The zero-order valence-corrected chi connectivity index (χ0v) is 21.9. The highest BCUT2D eigenvalue weighted by Crippen LogP contribution is 2.31. The Morgan fingerprint density at radius 1 is 1.11 bits per heavy atom. The third-order valence-corrected chi connectivity index (χ3v) is 7.83. The molecule has 3 aromatic rings. The van der Waals surface area contributed by atoms with Crippen LogP contribution in [-0.2, 0) is 14.3 Å². The smallest absolute Gasteiger partial charge is 0.283 e. The van der Waals surface area contributed by atoms with Crippen LogP contribution in [0.1, 0.15) is 23.4 Å². The first-order chi connectivity index (χ1) is 18.4. The molecule has 38 heavy (non-hydrogen) atoms. The van der Waals surface area contributed by atoms with E-state index in [0.717, 1.165) is 39.8 Å². The van der Waals surface area contributed by atoms with Crippen molar-refractivity contribution in [2.75, 3.05) is 26.3 Å². The van der Waals surface area contributed by atoms with Gasteiger partial charge in [0.1, 0.15) is 5.04 Å². The summed E-state index contributed by atoms with van der Waals surface area (Å²) in [5.41, 5.74) is 4.00. The molecule has 192 valence electrons. The van der Waals surface area contributed by atoms with Gasteiger partial charge in [-0.05, 0) is 66.2 Å². The fourth-order valence-corrected chi connectivity index (χ4v) is 5.84. The van der Waals surface area contributed by atoms with Gasteiger partial charge < -0.3 is 14.2 Å². The molecule has 3 aliphatic rings. The Kier molecular flexibility index (Phi) is 6.21. The lowest BCUT2D eigenvalue weighted by Gasteiger charge is -2.26. The van der Waals surface area contributed by atoms with Crippen molar-refractivity contribution in [1.82, 2.24) is 14.5 Å². The van der Waals surface area contributed by atoms with Crippen molar-refractivity contribution in [3.63, 3.8) is 0 Å². The number of carbonyl (C=O) groups is 2. The Morgan fingerprint density at radius 3 is 2.66 bits per heavy atom. The Hall–Kier alpha value is -4.02. The normalized spacial score (nSPS) is 18.7. The molecule has 2 aromatic carbocycles. The van der Waals surface area contributed by atoms with Gasteiger partial charge >= 0.3 is 0 Å². The maximum absolute atomic E-state index is 13.0. The molecule has 0 aliphatic carbocycles. The minimum absolute atomic E-state index is 0.0446. The molecule has 0 bridgehead atoms. The van der Waals surface area contributed by atoms with Gasteiger partial charge in [0.05, 0.1) is 25.2 Å². The van der Waals surface area contributed by atoms with Crippen LogP contribution in [0.4, 0.5) is 0 Å². The summed E-state index contributed by atoms with van der Waals surface area (Å²) in [7, 11) is 0. The minimum Gasteiger partial charge on any atom is -0.378 e. The van der Waals surface area contributed by atoms with Crippen LogP contribution in [0.25, 0.3) is 22.5 Å². The Bertz CT molecular complexity index is 1600. The molecule has 2 amide bonds. The molecule has 1 fully saturated rings. The molecule has 9 nitrogen and oxygen atoms in total. The molecule has 10 heteroatoms. The number of nitrogens with one attached hydrogen (secondary N) is 1. The Morgan fingerprint density at radius 2 is 1.87 bits per heavy atom. The Labute approximate surface area is 224 Å². The second-order valence-corrected chi connectivity index (χ2v) is 10.4. The molecule has 0 saturated carbocycles. The third-order valence-electron chi connectivity index (χ3n) is 6.92. The van der Waals surface area contributed by atoms with Gasteiger partial charge in [0.15, 0.2) is 5.84 Å². The summed E-state index contributed by atoms with van der Waals surface area (Å²) in [5, 5.41) is 17.7. The number of aryl methyl sites for hydroxylation is 1. The minimum atomic E-state index is -0.486. The second kappa shape index (κ2) is 9.70. The summed E-state index contributed by atoms with van der Waals surface area (Å²) >= 11 is 1.16. The van der Waals surface area contributed by atoms with Crippen LogP contribution in [0.5, 0.6) is 0 Å². The van der Waals surface area contributed by atoms with E-state index in [0.29, 0.717) is 36.5 Å². The maximum Gasteiger partial charge on any atom is 0.283 e. The molecule has 0 radical (unpaired) electrons. The number of ether oxygens (including phenoxy) is 1. The fourth-order valence-electron chi connectivity index (χ4n) is 4.96. The number of carbonyl (C=O) groups excluding carboxylic acids is 2. The molecule has 1 saturated heterocycles. The predicted molar refractivity (Wildman–Crippen MR) is 150 cm³/mol. The number of hydrazone groups is 1. The topological polar surface area (TPSA) is 103 Å². The van der Waals surface area contributed by atoms with Crippen molar-refractivity contribution in [2.45, 2.75) is 20.3 Å². The van der Waals surface area contributed by atoms with Crippen LogP contribution in [0, 0.1) is 19.3 Å². The molecular formula is C28H26N6O3S. The number of aliphatic imine (C=N–C) groups is 1. The number of thioether (sulfide) groups is 1. The lowest BCUT2D eigenvalue weighted by molar-refractivity contribution is -0.133. The largest absolute Gasteiger partial charge is 0.378 e. The molecular weight excluding hydrogens is 500 g/mol. The highest BCUT2D eigenvalue weighted by molar-refractivity contribution is 8.27. The summed E-state index contributed by atoms with van der Waals surface area (Å²) < 4.78 is 7.46. The van der Waals surface area contributed by atoms with Crippen LogP contribution in [0.3, 0.4) is 0 Å². The number of rotatable bonds is 4. The molecule has 0 spiro atoms. The highest BCUT2D eigenvalue weighted by atomic mass is 32.2. The lowest BCUT2D eigenvalue weighted by Crippen LogP contribution is -2.41. The maximum atomic E-state index is 13.0. The van der Waals surface area contributed by atoms with Gasteiger partial charge in [-0.15, -0.1) is 0 Å². The van der Waals surface area contributed by atoms with Crippen LogP contribution < -0.4 is 0 Å². The summed E-state index contributed by atoms with van der Waals surface area (Å²) in [5.74, 6) is -0.577. The van der Waals surface area contributed by atoms with E-state index < -0.39 is 5.91 Å². The first kappa shape index (κ1) is 24.3. The average molecular weight is 527 g/mol. The van der Waals surface area contributed by atoms with Crippen molar-refractivity contribution in [2.24, 2.45) is 10.1 Å². The average Bonchev–Trinajstić information content (AvgIpc) is 3.45. The van der Waals surface area contributed by atoms with Crippen LogP contribution in [-0.4, -0.2) is 68.6 Å². The lowest BCUT2D eigenvalue weighted by atomic mass is 10.1. The summed E-state index contributed by atoms with van der Waals surface area (Å²) in [6.45, 7) is 6.19. The van der Waals surface area contributed by atoms with Crippen molar-refractivity contribution in [3.8, 4) is 5.69 Å². The molecule has 0 unspecified atom stereocenters. The van der Waals surface area contributed by atoms with Gasteiger partial charge in [-0.2, -0.15) is 15.1 Å². The number of benzene rings is 2. The molecule has 6 rings (SSSR count). The Balaban J connectivity index is 1.27. The van der Waals surface area contributed by atoms with Gasteiger partial charge in [-0.1, -0.05) is 30.3 Å². The molecule has 1 aromatic heterocycles. The van der Waals surface area contributed by atoms with Gasteiger partial charge in [0.2, 0.25) is 11.1 Å². The van der Waals surface area contributed by atoms with E-state index in [9.17, 15) is 9.59 Å². The standard InChI is InChI=1S/C28H26N6O3S/c1-17-13-21(18(2)33(17)22-8-7-19-5-3-4-6-20(19)14-22)15-23-26(29)34-28(30-27(23)36)38-24(31-34)16-25(35)32-9-11-37-12-10-32/h3-8,13-15,29H,9-12,16H2,1-2H3/b23-15+,29-26?. The van der Waals surface area contributed by atoms with E-state index >= 15 is 0 Å². The molecule has 0 atom stereocenters. The fraction of sp³-hybridized carbons (Fsp3) is 0.250. The van der Waals surface area contributed by atoms with Gasteiger partial charge in [0.25, 0.3) is 5.91 Å². The van der Waals surface area contributed by atoms with Crippen molar-refractivity contribution in [1.29, 1.82) is 5.41 Å². The third kappa shape index (κ3) is 4.35. The summed E-state index contributed by atoms with van der Waals surface area (Å²) in [6.07, 6.45) is 1.81. The molecule has 4 heterocycles. The van der Waals surface area contributed by atoms with Gasteiger partial charge in [0, 0.05) is 30.2 Å². The van der Waals surface area contributed by atoms with Crippen molar-refractivity contribution in [3.05, 3.63) is 71.1 Å². The van der Waals surface area contributed by atoms with E-state index in [2.05, 4.69) is 45.0 Å². The number of morpholine rings is 1. The summed E-state index contributed by atoms with van der Waals surface area (Å²) in [6, 6.07) is 16.6. The van der Waals surface area contributed by atoms with E-state index in [4.69, 9.17) is 10.1 Å². The first-order valence-electron chi connectivity index (χ1n) is 12.4. The zero-order valence-electron chi connectivity index (χ0n) is 21.1. The van der Waals surface area contributed by atoms with Crippen LogP contribution >= 0.6 is 11.8 Å². The van der Waals surface area contributed by atoms with Gasteiger partial charge in [-0.25, -0.2) is 0 Å². The zero-order chi connectivity index (χ0) is 26.4. The monoisotopic (exact) mass is 526 g/mol. The van der Waals surface area contributed by atoms with E-state index in [1.807, 2.05) is 32.0 Å². The van der Waals surface area contributed by atoms with Crippen LogP contribution in [0.15, 0.2) is 64.2 Å². The first-order valence-corrected chi connectivity index (χ1v) is 13.2. The number of hydrogen-bond acceptors (Lipinski definition) is 6. The number of fused-ring (bicyclic) bond motifs is 2. The quantitative estimate of drug-likeness (QED) is 0.516. The van der Waals surface area contributed by atoms with E-state index in [1.54, 1.807) is 11.0 Å². The molecule has 3 aliphatic heterocycles. The molecule has 1 N–H and O–H groups in total. The number of hydrogen-bond donors (Lipinski definition) is 1. The number of nitrogens with zero attached hydrogens (tertiary/aromatic N) is 5.